The minimum Gasteiger partial charge on any atom is -0.314 e. The minimum absolute atomic E-state index is 0.806. The largest absolute Gasteiger partial charge is 0.314 e. The Balaban J connectivity index is 1.84. The molecule has 1 unspecified atom stereocenters. The van der Waals surface area contributed by atoms with E-state index in [1.807, 2.05) is 0 Å². The Morgan fingerprint density at radius 3 is 2.59 bits per heavy atom. The SMILES string of the molecule is CCCC(CNC1CC1)Cc1ccc(I)cc1. The maximum absolute atomic E-state index is 3.67. The molecule has 17 heavy (non-hydrogen) atoms. The minimum atomic E-state index is 0.806. The zero-order valence-corrected chi connectivity index (χ0v) is 12.7. The summed E-state index contributed by atoms with van der Waals surface area (Å²) < 4.78 is 1.33. The van der Waals surface area contributed by atoms with E-state index in [4.69, 9.17) is 0 Å². The van der Waals surface area contributed by atoms with Crippen LogP contribution in [-0.4, -0.2) is 12.6 Å². The summed E-state index contributed by atoms with van der Waals surface area (Å²) in [6.45, 7) is 3.49. The second-order valence-electron chi connectivity index (χ2n) is 5.17. The summed E-state index contributed by atoms with van der Waals surface area (Å²) in [4.78, 5) is 0. The molecule has 1 atom stereocenters. The molecular weight excluding hydrogens is 321 g/mol. The van der Waals surface area contributed by atoms with E-state index in [2.05, 4.69) is 59.1 Å². The predicted octanol–water partition coefficient (Wildman–Crippen LogP) is 4.00. The van der Waals surface area contributed by atoms with Gasteiger partial charge in [0.1, 0.15) is 0 Å². The first-order valence-corrected chi connectivity index (χ1v) is 7.83. The van der Waals surface area contributed by atoms with Crippen LogP contribution in [0.15, 0.2) is 24.3 Å². The Bertz CT molecular complexity index is 329. The molecule has 1 aliphatic rings. The third-order valence-corrected chi connectivity index (χ3v) is 4.13. The van der Waals surface area contributed by atoms with Gasteiger partial charge in [0.05, 0.1) is 0 Å². The van der Waals surface area contributed by atoms with Gasteiger partial charge in [-0.2, -0.15) is 0 Å². The van der Waals surface area contributed by atoms with Crippen molar-refractivity contribution in [3.05, 3.63) is 33.4 Å². The van der Waals surface area contributed by atoms with Crippen molar-refractivity contribution in [1.82, 2.24) is 5.32 Å². The van der Waals surface area contributed by atoms with Gasteiger partial charge >= 0.3 is 0 Å². The molecule has 1 fully saturated rings. The standard InChI is InChI=1S/C15H22IN/c1-2-3-13(11-17-15-8-9-15)10-12-4-6-14(16)7-5-12/h4-7,13,15,17H,2-3,8-11H2,1H3. The molecule has 1 aromatic rings. The zero-order valence-electron chi connectivity index (χ0n) is 10.6. The third kappa shape index (κ3) is 4.96. The van der Waals surface area contributed by atoms with Gasteiger partial charge in [-0.15, -0.1) is 0 Å². The number of hydrogen-bond donors (Lipinski definition) is 1. The van der Waals surface area contributed by atoms with Gasteiger partial charge in [0.2, 0.25) is 0 Å². The lowest BCUT2D eigenvalue weighted by Crippen LogP contribution is -2.26. The summed E-state index contributed by atoms with van der Waals surface area (Å²) >= 11 is 2.37. The van der Waals surface area contributed by atoms with Crippen molar-refractivity contribution in [2.45, 2.75) is 45.1 Å². The predicted molar refractivity (Wildman–Crippen MR) is 82.3 cm³/mol. The molecule has 0 aromatic heterocycles. The van der Waals surface area contributed by atoms with Crippen molar-refractivity contribution < 1.29 is 0 Å². The molecule has 1 aromatic carbocycles. The number of rotatable bonds is 7. The van der Waals surface area contributed by atoms with Crippen LogP contribution in [0.1, 0.15) is 38.2 Å². The highest BCUT2D eigenvalue weighted by Crippen LogP contribution is 2.21. The first-order valence-electron chi connectivity index (χ1n) is 6.75. The Hall–Kier alpha value is -0.0900. The average molecular weight is 343 g/mol. The van der Waals surface area contributed by atoms with Crippen molar-refractivity contribution in [2.24, 2.45) is 5.92 Å². The van der Waals surface area contributed by atoms with Gasteiger partial charge in [0, 0.05) is 9.61 Å². The molecule has 2 rings (SSSR count). The summed E-state index contributed by atoms with van der Waals surface area (Å²) in [7, 11) is 0. The Morgan fingerprint density at radius 2 is 2.00 bits per heavy atom. The molecular formula is C15H22IN. The van der Waals surface area contributed by atoms with Gasteiger partial charge in [-0.1, -0.05) is 25.5 Å². The topological polar surface area (TPSA) is 12.0 Å². The molecule has 1 saturated carbocycles. The van der Waals surface area contributed by atoms with Gasteiger partial charge in [-0.05, 0) is 78.4 Å². The van der Waals surface area contributed by atoms with E-state index in [0.717, 1.165) is 12.0 Å². The Labute approximate surface area is 119 Å². The van der Waals surface area contributed by atoms with Gasteiger partial charge in [0.25, 0.3) is 0 Å². The van der Waals surface area contributed by atoms with E-state index in [1.165, 1.54) is 47.8 Å². The van der Waals surface area contributed by atoms with E-state index in [-0.39, 0.29) is 0 Å². The van der Waals surface area contributed by atoms with Crippen molar-refractivity contribution in [3.8, 4) is 0 Å². The quantitative estimate of drug-likeness (QED) is 0.738. The number of halogens is 1. The highest BCUT2D eigenvalue weighted by molar-refractivity contribution is 14.1. The van der Waals surface area contributed by atoms with Crippen LogP contribution in [0.25, 0.3) is 0 Å². The average Bonchev–Trinajstić information content (AvgIpc) is 3.13. The second-order valence-corrected chi connectivity index (χ2v) is 6.41. The third-order valence-electron chi connectivity index (χ3n) is 3.41. The molecule has 0 saturated heterocycles. The van der Waals surface area contributed by atoms with E-state index in [1.54, 1.807) is 0 Å². The molecule has 1 N–H and O–H groups in total. The Kier molecular flexibility index (Phi) is 5.29. The van der Waals surface area contributed by atoms with E-state index < -0.39 is 0 Å². The normalized spacial score (nSPS) is 17.1. The van der Waals surface area contributed by atoms with Crippen LogP contribution in [0.4, 0.5) is 0 Å². The summed E-state index contributed by atoms with van der Waals surface area (Å²) in [5.74, 6) is 0.806. The van der Waals surface area contributed by atoms with Gasteiger partial charge in [0.15, 0.2) is 0 Å². The van der Waals surface area contributed by atoms with Crippen LogP contribution >= 0.6 is 22.6 Å². The van der Waals surface area contributed by atoms with Crippen molar-refractivity contribution in [2.75, 3.05) is 6.54 Å². The molecule has 2 heteroatoms. The van der Waals surface area contributed by atoms with Gasteiger partial charge in [-0.25, -0.2) is 0 Å². The Morgan fingerprint density at radius 1 is 1.29 bits per heavy atom. The molecule has 94 valence electrons. The highest BCUT2D eigenvalue weighted by Gasteiger charge is 2.21. The molecule has 0 aliphatic heterocycles. The molecule has 0 bridgehead atoms. The highest BCUT2D eigenvalue weighted by atomic mass is 127. The fourth-order valence-corrected chi connectivity index (χ4v) is 2.62. The summed E-state index contributed by atoms with van der Waals surface area (Å²) in [6, 6.07) is 9.83. The first-order chi connectivity index (χ1) is 8.28. The van der Waals surface area contributed by atoms with Gasteiger partial charge < -0.3 is 5.32 Å². The fraction of sp³-hybridized carbons (Fsp3) is 0.600. The molecule has 0 heterocycles. The number of nitrogens with one attached hydrogen (secondary N) is 1. The molecule has 0 radical (unpaired) electrons. The van der Waals surface area contributed by atoms with E-state index in [0.29, 0.717) is 0 Å². The molecule has 0 amide bonds. The van der Waals surface area contributed by atoms with Crippen LogP contribution in [0.5, 0.6) is 0 Å². The lowest BCUT2D eigenvalue weighted by molar-refractivity contribution is 0.437. The van der Waals surface area contributed by atoms with Crippen LogP contribution in [0, 0.1) is 9.49 Å². The second kappa shape index (κ2) is 6.74. The van der Waals surface area contributed by atoms with Crippen molar-refractivity contribution in [3.63, 3.8) is 0 Å². The lowest BCUT2D eigenvalue weighted by atomic mass is 9.95. The number of benzene rings is 1. The van der Waals surface area contributed by atoms with Gasteiger partial charge in [-0.3, -0.25) is 0 Å². The first kappa shape index (κ1) is 13.3. The van der Waals surface area contributed by atoms with E-state index >= 15 is 0 Å². The molecule has 0 spiro atoms. The van der Waals surface area contributed by atoms with E-state index in [9.17, 15) is 0 Å². The maximum atomic E-state index is 3.67. The van der Waals surface area contributed by atoms with Crippen molar-refractivity contribution >= 4 is 22.6 Å². The lowest BCUT2D eigenvalue weighted by Gasteiger charge is -2.17. The smallest absolute Gasteiger partial charge is 0.0130 e. The van der Waals surface area contributed by atoms with Crippen LogP contribution < -0.4 is 5.32 Å². The monoisotopic (exact) mass is 343 g/mol. The summed E-state index contributed by atoms with van der Waals surface area (Å²) in [5.41, 5.74) is 1.49. The summed E-state index contributed by atoms with van der Waals surface area (Å²) in [5, 5.41) is 3.67. The summed E-state index contributed by atoms with van der Waals surface area (Å²) in [6.07, 6.45) is 6.64. The number of hydrogen-bond acceptors (Lipinski definition) is 1. The molecule has 1 nitrogen and oxygen atoms in total. The fourth-order valence-electron chi connectivity index (χ4n) is 2.26. The van der Waals surface area contributed by atoms with Crippen LogP contribution in [0.3, 0.4) is 0 Å². The van der Waals surface area contributed by atoms with Crippen LogP contribution in [0.2, 0.25) is 0 Å². The van der Waals surface area contributed by atoms with Crippen LogP contribution in [-0.2, 0) is 6.42 Å². The maximum Gasteiger partial charge on any atom is 0.0130 e. The zero-order chi connectivity index (χ0) is 12.1. The van der Waals surface area contributed by atoms with Crippen molar-refractivity contribution in [1.29, 1.82) is 0 Å². The molecule has 1 aliphatic carbocycles.